The van der Waals surface area contributed by atoms with Crippen molar-refractivity contribution in [3.63, 3.8) is 0 Å². The van der Waals surface area contributed by atoms with Gasteiger partial charge in [-0.3, -0.25) is 4.72 Å². The molecule has 0 unspecified atom stereocenters. The summed E-state index contributed by atoms with van der Waals surface area (Å²) in [7, 11) is -0.695. The number of hydrogen-bond acceptors (Lipinski definition) is 5. The van der Waals surface area contributed by atoms with E-state index in [0.29, 0.717) is 17.2 Å². The second-order valence-electron chi connectivity index (χ2n) is 6.81. The molecule has 0 bridgehead atoms. The Morgan fingerprint density at radius 2 is 1.77 bits per heavy atom. The zero-order chi connectivity index (χ0) is 18.9. The van der Waals surface area contributed by atoms with Crippen LogP contribution in [0, 0.1) is 0 Å². The van der Waals surface area contributed by atoms with Crippen molar-refractivity contribution in [3.05, 3.63) is 42.0 Å². The van der Waals surface area contributed by atoms with Gasteiger partial charge in [-0.25, -0.2) is 8.42 Å². The second kappa shape index (κ2) is 6.72. The van der Waals surface area contributed by atoms with Gasteiger partial charge in [-0.15, -0.1) is 0 Å². The molecule has 1 N–H and O–H groups in total. The lowest BCUT2D eigenvalue weighted by Gasteiger charge is -2.32. The van der Waals surface area contributed by atoms with Gasteiger partial charge in [-0.2, -0.15) is 0 Å². The van der Waals surface area contributed by atoms with Gasteiger partial charge in [0.2, 0.25) is 0 Å². The van der Waals surface area contributed by atoms with E-state index in [1.807, 2.05) is 13.8 Å². The fourth-order valence-corrected chi connectivity index (χ4v) is 4.02. The van der Waals surface area contributed by atoms with Gasteiger partial charge in [0.05, 0.1) is 24.8 Å². The maximum Gasteiger partial charge on any atom is 0.261 e. The van der Waals surface area contributed by atoms with Crippen LogP contribution in [0.25, 0.3) is 0 Å². The highest BCUT2D eigenvalue weighted by molar-refractivity contribution is 7.92. The predicted molar refractivity (Wildman–Crippen MR) is 99.8 cm³/mol. The van der Waals surface area contributed by atoms with Crippen molar-refractivity contribution in [2.24, 2.45) is 0 Å². The third kappa shape index (κ3) is 3.72. The van der Waals surface area contributed by atoms with E-state index in [1.54, 1.807) is 36.4 Å². The lowest BCUT2D eigenvalue weighted by atomic mass is 9.94. The van der Waals surface area contributed by atoms with Crippen molar-refractivity contribution in [1.82, 2.24) is 0 Å². The van der Waals surface area contributed by atoms with E-state index in [9.17, 15) is 8.42 Å². The van der Waals surface area contributed by atoms with Gasteiger partial charge in [0.15, 0.2) is 11.5 Å². The number of benzene rings is 2. The Morgan fingerprint density at radius 3 is 2.46 bits per heavy atom. The van der Waals surface area contributed by atoms with Gasteiger partial charge in [-0.05, 0) is 62.6 Å². The normalized spacial score (nSPS) is 15.5. The molecular weight excluding hydrogens is 354 g/mol. The van der Waals surface area contributed by atoms with E-state index in [4.69, 9.17) is 14.2 Å². The molecule has 3 rings (SSSR count). The summed E-state index contributed by atoms with van der Waals surface area (Å²) in [5, 5.41) is 0. The Bertz CT molecular complexity index is 922. The number of fused-ring (bicyclic) bond motifs is 1. The number of methoxy groups -OCH3 is 2. The molecule has 0 atom stereocenters. The van der Waals surface area contributed by atoms with Crippen molar-refractivity contribution in [3.8, 4) is 17.2 Å². The van der Waals surface area contributed by atoms with Crippen molar-refractivity contribution in [2.75, 3.05) is 18.9 Å². The molecule has 7 heteroatoms. The van der Waals surface area contributed by atoms with Gasteiger partial charge >= 0.3 is 0 Å². The smallest absolute Gasteiger partial charge is 0.261 e. The van der Waals surface area contributed by atoms with E-state index in [2.05, 4.69) is 4.72 Å². The summed E-state index contributed by atoms with van der Waals surface area (Å²) >= 11 is 0. The summed E-state index contributed by atoms with van der Waals surface area (Å²) in [6.07, 6.45) is 1.62. The Morgan fingerprint density at radius 1 is 1.04 bits per heavy atom. The molecule has 1 aliphatic rings. The first kappa shape index (κ1) is 18.4. The molecule has 26 heavy (non-hydrogen) atoms. The van der Waals surface area contributed by atoms with Crippen LogP contribution in [0.5, 0.6) is 17.2 Å². The fourth-order valence-electron chi connectivity index (χ4n) is 2.92. The number of ether oxygens (including phenoxy) is 3. The van der Waals surface area contributed by atoms with E-state index >= 15 is 0 Å². The average molecular weight is 377 g/mol. The Labute approximate surface area is 154 Å². The molecule has 0 saturated heterocycles. The van der Waals surface area contributed by atoms with E-state index < -0.39 is 10.0 Å². The molecule has 2 aromatic carbocycles. The minimum Gasteiger partial charge on any atom is -0.493 e. The first-order chi connectivity index (χ1) is 12.2. The van der Waals surface area contributed by atoms with Crippen LogP contribution in [0.15, 0.2) is 41.3 Å². The fraction of sp³-hybridized carbons (Fsp3) is 0.368. The number of rotatable bonds is 5. The minimum absolute atomic E-state index is 0.203. The van der Waals surface area contributed by atoms with Crippen LogP contribution in [0.1, 0.15) is 25.8 Å². The molecule has 0 amide bonds. The standard InChI is InChI=1S/C19H23NO5S/c1-19(2)10-9-13-11-15(6-8-16(13)25-19)26(21,22)20-14-5-7-17(23-3)18(12-14)24-4/h5-8,11-12,20H,9-10H2,1-4H3. The summed E-state index contributed by atoms with van der Waals surface area (Å²) in [5.74, 6) is 1.73. The zero-order valence-corrected chi connectivity index (χ0v) is 16.1. The lowest BCUT2D eigenvalue weighted by Crippen LogP contribution is -2.32. The number of aryl methyl sites for hydroxylation is 1. The quantitative estimate of drug-likeness (QED) is 0.862. The molecule has 6 nitrogen and oxygen atoms in total. The van der Waals surface area contributed by atoms with Gasteiger partial charge in [0.1, 0.15) is 11.4 Å². The summed E-state index contributed by atoms with van der Waals surface area (Å²) in [5.41, 5.74) is 1.07. The third-order valence-electron chi connectivity index (χ3n) is 4.36. The van der Waals surface area contributed by atoms with Gasteiger partial charge < -0.3 is 14.2 Å². The number of anilines is 1. The molecular formula is C19H23NO5S. The molecule has 0 aromatic heterocycles. The van der Waals surface area contributed by atoms with E-state index in [1.165, 1.54) is 14.2 Å². The third-order valence-corrected chi connectivity index (χ3v) is 5.74. The lowest BCUT2D eigenvalue weighted by molar-refractivity contribution is 0.0845. The van der Waals surface area contributed by atoms with Crippen LogP contribution < -0.4 is 18.9 Å². The first-order valence-corrected chi connectivity index (χ1v) is 9.79. The van der Waals surface area contributed by atoms with Crippen LogP contribution in [-0.2, 0) is 16.4 Å². The molecule has 1 heterocycles. The molecule has 0 aliphatic carbocycles. The highest BCUT2D eigenvalue weighted by Crippen LogP contribution is 2.35. The molecule has 0 saturated carbocycles. The zero-order valence-electron chi connectivity index (χ0n) is 15.3. The van der Waals surface area contributed by atoms with Crippen molar-refractivity contribution < 1.29 is 22.6 Å². The Kier molecular flexibility index (Phi) is 4.75. The van der Waals surface area contributed by atoms with Gasteiger partial charge in [0, 0.05) is 6.07 Å². The summed E-state index contributed by atoms with van der Waals surface area (Å²) < 4.78 is 44.4. The molecule has 2 aromatic rings. The molecule has 0 spiro atoms. The summed E-state index contributed by atoms with van der Waals surface area (Å²) in [4.78, 5) is 0.203. The molecule has 0 fully saturated rings. The largest absolute Gasteiger partial charge is 0.493 e. The average Bonchev–Trinajstić information content (AvgIpc) is 2.60. The monoisotopic (exact) mass is 377 g/mol. The molecule has 1 aliphatic heterocycles. The van der Waals surface area contributed by atoms with E-state index in [0.717, 1.165) is 24.2 Å². The summed E-state index contributed by atoms with van der Waals surface area (Å²) in [6, 6.07) is 9.82. The van der Waals surface area contributed by atoms with Crippen molar-refractivity contribution in [2.45, 2.75) is 37.2 Å². The maximum atomic E-state index is 12.7. The number of hydrogen-bond donors (Lipinski definition) is 1. The Balaban J connectivity index is 1.87. The Hall–Kier alpha value is -2.41. The van der Waals surface area contributed by atoms with E-state index in [-0.39, 0.29) is 10.5 Å². The predicted octanol–water partition coefficient (Wildman–Crippen LogP) is 3.61. The SMILES string of the molecule is COc1ccc(NS(=O)(=O)c2ccc3c(c2)CCC(C)(C)O3)cc1OC. The van der Waals surface area contributed by atoms with Crippen LogP contribution in [0.2, 0.25) is 0 Å². The van der Waals surface area contributed by atoms with Crippen molar-refractivity contribution >= 4 is 15.7 Å². The second-order valence-corrected chi connectivity index (χ2v) is 8.49. The number of nitrogens with one attached hydrogen (secondary N) is 1. The highest BCUT2D eigenvalue weighted by atomic mass is 32.2. The molecule has 0 radical (unpaired) electrons. The molecule has 140 valence electrons. The maximum absolute atomic E-state index is 12.7. The van der Waals surface area contributed by atoms with Crippen LogP contribution >= 0.6 is 0 Å². The topological polar surface area (TPSA) is 73.9 Å². The van der Waals surface area contributed by atoms with Crippen LogP contribution in [0.4, 0.5) is 5.69 Å². The van der Waals surface area contributed by atoms with Crippen LogP contribution in [0.3, 0.4) is 0 Å². The van der Waals surface area contributed by atoms with Gasteiger partial charge in [-0.1, -0.05) is 0 Å². The van der Waals surface area contributed by atoms with Gasteiger partial charge in [0.25, 0.3) is 10.0 Å². The summed E-state index contributed by atoms with van der Waals surface area (Å²) in [6.45, 7) is 4.05. The minimum atomic E-state index is -3.72. The van der Waals surface area contributed by atoms with Crippen LogP contribution in [-0.4, -0.2) is 28.2 Å². The van der Waals surface area contributed by atoms with Crippen molar-refractivity contribution in [1.29, 1.82) is 0 Å². The first-order valence-electron chi connectivity index (χ1n) is 8.31. The highest BCUT2D eigenvalue weighted by Gasteiger charge is 2.27. The number of sulfonamides is 1.